The maximum atomic E-state index is 12.7. The second kappa shape index (κ2) is 9.56. The second-order valence-electron chi connectivity index (χ2n) is 7.47. The standard InChI is InChI=1S/C21H29N5O3/c1-15-6-4-7-17(12-15)29-11-5-8-22-20(27)19-14-26(10-9-25(19)3)21(28)18-13-23-24-16(18)2/h4,6-7,12-13,19H,5,8-11,14H2,1-3H3,(H,22,27)(H,23,24)/t19-/m0/s1. The SMILES string of the molecule is Cc1cccc(OCCCNC(=O)[C@@H]2CN(C(=O)c3cn[nH]c3C)CCN2C)c1. The molecule has 0 spiro atoms. The van der Waals surface area contributed by atoms with Gasteiger partial charge in [0.25, 0.3) is 5.91 Å². The van der Waals surface area contributed by atoms with Crippen LogP contribution >= 0.6 is 0 Å². The van der Waals surface area contributed by atoms with E-state index < -0.39 is 0 Å². The minimum absolute atomic E-state index is 0.0653. The lowest BCUT2D eigenvalue weighted by molar-refractivity contribution is -0.127. The van der Waals surface area contributed by atoms with E-state index in [9.17, 15) is 9.59 Å². The number of nitrogens with one attached hydrogen (secondary N) is 2. The summed E-state index contributed by atoms with van der Waals surface area (Å²) in [6.07, 6.45) is 2.26. The summed E-state index contributed by atoms with van der Waals surface area (Å²) in [5.74, 6) is 0.685. The molecule has 0 aliphatic carbocycles. The molecule has 1 saturated heterocycles. The highest BCUT2D eigenvalue weighted by Crippen LogP contribution is 2.14. The van der Waals surface area contributed by atoms with Crippen molar-refractivity contribution in [3.8, 4) is 5.75 Å². The van der Waals surface area contributed by atoms with Crippen molar-refractivity contribution in [2.45, 2.75) is 26.3 Å². The summed E-state index contributed by atoms with van der Waals surface area (Å²) in [6, 6.07) is 7.54. The minimum atomic E-state index is -0.363. The summed E-state index contributed by atoms with van der Waals surface area (Å²) < 4.78 is 5.71. The molecule has 2 N–H and O–H groups in total. The van der Waals surface area contributed by atoms with Crippen LogP contribution in [0.4, 0.5) is 0 Å². The number of carbonyl (C=O) groups is 2. The number of carbonyl (C=O) groups excluding carboxylic acids is 2. The molecule has 1 atom stereocenters. The van der Waals surface area contributed by atoms with Crippen molar-refractivity contribution >= 4 is 11.8 Å². The van der Waals surface area contributed by atoms with E-state index in [0.29, 0.717) is 44.8 Å². The summed E-state index contributed by atoms with van der Waals surface area (Å²) in [5.41, 5.74) is 2.45. The van der Waals surface area contributed by atoms with Gasteiger partial charge in [0.1, 0.15) is 11.8 Å². The van der Waals surface area contributed by atoms with Crippen molar-refractivity contribution < 1.29 is 14.3 Å². The first-order chi connectivity index (χ1) is 14.0. The maximum Gasteiger partial charge on any atom is 0.257 e. The quantitative estimate of drug-likeness (QED) is 0.687. The van der Waals surface area contributed by atoms with E-state index in [0.717, 1.165) is 17.0 Å². The number of aromatic nitrogens is 2. The summed E-state index contributed by atoms with van der Waals surface area (Å²) in [4.78, 5) is 29.1. The predicted octanol–water partition coefficient (Wildman–Crippen LogP) is 1.37. The highest BCUT2D eigenvalue weighted by Gasteiger charge is 2.33. The van der Waals surface area contributed by atoms with E-state index in [1.165, 1.54) is 0 Å². The Morgan fingerprint density at radius 1 is 1.31 bits per heavy atom. The Hall–Kier alpha value is -2.87. The van der Waals surface area contributed by atoms with Gasteiger partial charge in [-0.05, 0) is 45.0 Å². The Morgan fingerprint density at radius 2 is 2.14 bits per heavy atom. The van der Waals surface area contributed by atoms with Crippen LogP contribution in [0.5, 0.6) is 5.75 Å². The van der Waals surface area contributed by atoms with Crippen LogP contribution in [0.1, 0.15) is 28.0 Å². The third-order valence-electron chi connectivity index (χ3n) is 5.18. The Morgan fingerprint density at radius 3 is 2.86 bits per heavy atom. The second-order valence-corrected chi connectivity index (χ2v) is 7.47. The number of H-pyrrole nitrogens is 1. The Labute approximate surface area is 171 Å². The average Bonchev–Trinajstić information content (AvgIpc) is 3.13. The third kappa shape index (κ3) is 5.35. The zero-order valence-electron chi connectivity index (χ0n) is 17.3. The summed E-state index contributed by atoms with van der Waals surface area (Å²) in [6.45, 7) is 6.52. The first-order valence-electron chi connectivity index (χ1n) is 9.92. The first kappa shape index (κ1) is 20.9. The normalized spacial score (nSPS) is 17.2. The van der Waals surface area contributed by atoms with E-state index in [1.807, 2.05) is 50.1 Å². The predicted molar refractivity (Wildman–Crippen MR) is 110 cm³/mol. The van der Waals surface area contributed by atoms with Crippen molar-refractivity contribution in [1.82, 2.24) is 25.3 Å². The number of hydrogen-bond donors (Lipinski definition) is 2. The molecule has 0 unspecified atom stereocenters. The molecule has 0 radical (unpaired) electrons. The highest BCUT2D eigenvalue weighted by molar-refractivity contribution is 5.95. The van der Waals surface area contributed by atoms with Crippen molar-refractivity contribution in [2.24, 2.45) is 0 Å². The Balaban J connectivity index is 1.45. The number of rotatable bonds is 7. The minimum Gasteiger partial charge on any atom is -0.494 e. The van der Waals surface area contributed by atoms with Crippen molar-refractivity contribution in [1.29, 1.82) is 0 Å². The molecule has 1 aromatic heterocycles. The van der Waals surface area contributed by atoms with Gasteiger partial charge in [0.2, 0.25) is 5.91 Å². The van der Waals surface area contributed by atoms with E-state index >= 15 is 0 Å². The highest BCUT2D eigenvalue weighted by atomic mass is 16.5. The third-order valence-corrected chi connectivity index (χ3v) is 5.18. The fraction of sp³-hybridized carbons (Fsp3) is 0.476. The number of benzene rings is 1. The lowest BCUT2D eigenvalue weighted by Gasteiger charge is -2.38. The molecule has 8 nitrogen and oxygen atoms in total. The van der Waals surface area contributed by atoms with Crippen molar-refractivity contribution in [2.75, 3.05) is 39.8 Å². The van der Waals surface area contributed by atoms with Gasteiger partial charge in [-0.2, -0.15) is 5.10 Å². The molecule has 2 aromatic rings. The van der Waals surface area contributed by atoms with Gasteiger partial charge in [0, 0.05) is 31.9 Å². The molecule has 3 rings (SSSR count). The molecule has 8 heteroatoms. The van der Waals surface area contributed by atoms with E-state index in [4.69, 9.17) is 4.74 Å². The van der Waals surface area contributed by atoms with Crippen LogP contribution in [0.15, 0.2) is 30.5 Å². The first-order valence-corrected chi connectivity index (χ1v) is 9.92. The largest absolute Gasteiger partial charge is 0.494 e. The van der Waals surface area contributed by atoms with Crippen LogP contribution in [-0.2, 0) is 4.79 Å². The average molecular weight is 399 g/mol. The number of aromatic amines is 1. The van der Waals surface area contributed by atoms with Crippen LogP contribution in [0.3, 0.4) is 0 Å². The van der Waals surface area contributed by atoms with Gasteiger partial charge in [-0.1, -0.05) is 12.1 Å². The number of ether oxygens (including phenoxy) is 1. The molecule has 1 aromatic carbocycles. The van der Waals surface area contributed by atoms with Gasteiger partial charge in [-0.25, -0.2) is 0 Å². The smallest absolute Gasteiger partial charge is 0.257 e. The zero-order chi connectivity index (χ0) is 20.8. The zero-order valence-corrected chi connectivity index (χ0v) is 17.3. The molecule has 29 heavy (non-hydrogen) atoms. The molecule has 0 saturated carbocycles. The molecule has 156 valence electrons. The van der Waals surface area contributed by atoms with E-state index in [-0.39, 0.29) is 17.9 Å². The summed E-state index contributed by atoms with van der Waals surface area (Å²) >= 11 is 0. The van der Waals surface area contributed by atoms with Gasteiger partial charge in [-0.3, -0.25) is 19.6 Å². The number of amides is 2. The molecule has 1 fully saturated rings. The number of aryl methyl sites for hydroxylation is 2. The lowest BCUT2D eigenvalue weighted by Crippen LogP contribution is -2.58. The number of likely N-dealkylation sites (N-methyl/N-ethyl adjacent to an activating group) is 1. The topological polar surface area (TPSA) is 90.6 Å². The molecular formula is C21H29N5O3. The van der Waals surface area contributed by atoms with E-state index in [2.05, 4.69) is 15.5 Å². The molecule has 2 heterocycles. The van der Waals surface area contributed by atoms with Crippen LogP contribution in [0.2, 0.25) is 0 Å². The Kier molecular flexibility index (Phi) is 6.87. The lowest BCUT2D eigenvalue weighted by atomic mass is 10.1. The summed E-state index contributed by atoms with van der Waals surface area (Å²) in [7, 11) is 1.91. The number of hydrogen-bond acceptors (Lipinski definition) is 5. The fourth-order valence-corrected chi connectivity index (χ4v) is 3.37. The number of nitrogens with zero attached hydrogens (tertiary/aromatic N) is 3. The van der Waals surface area contributed by atoms with Crippen molar-refractivity contribution in [3.05, 3.63) is 47.3 Å². The van der Waals surface area contributed by atoms with Crippen molar-refractivity contribution in [3.63, 3.8) is 0 Å². The van der Waals surface area contributed by atoms with Gasteiger partial charge in [-0.15, -0.1) is 0 Å². The van der Waals surface area contributed by atoms with Gasteiger partial charge < -0.3 is 15.0 Å². The van der Waals surface area contributed by atoms with Gasteiger partial charge in [0.15, 0.2) is 0 Å². The monoisotopic (exact) mass is 399 g/mol. The van der Waals surface area contributed by atoms with Crippen LogP contribution in [-0.4, -0.2) is 77.7 Å². The van der Waals surface area contributed by atoms with Crippen LogP contribution < -0.4 is 10.1 Å². The molecular weight excluding hydrogens is 370 g/mol. The molecule has 1 aliphatic heterocycles. The molecule has 0 bridgehead atoms. The van der Waals surface area contributed by atoms with Gasteiger partial charge >= 0.3 is 0 Å². The van der Waals surface area contributed by atoms with Gasteiger partial charge in [0.05, 0.1) is 18.4 Å². The van der Waals surface area contributed by atoms with E-state index in [1.54, 1.807) is 11.1 Å². The molecule has 2 amide bonds. The Bertz CT molecular complexity index is 850. The maximum absolute atomic E-state index is 12.7. The van der Waals surface area contributed by atoms with Crippen LogP contribution in [0, 0.1) is 13.8 Å². The number of piperazine rings is 1. The summed E-state index contributed by atoms with van der Waals surface area (Å²) in [5, 5.41) is 9.67. The molecule has 1 aliphatic rings. The van der Waals surface area contributed by atoms with Crippen LogP contribution in [0.25, 0.3) is 0 Å². The fourth-order valence-electron chi connectivity index (χ4n) is 3.37.